The Kier molecular flexibility index (Phi) is 3.66. The summed E-state index contributed by atoms with van der Waals surface area (Å²) in [6.45, 7) is 4.28. The van der Waals surface area contributed by atoms with Crippen molar-refractivity contribution in [2.24, 2.45) is 5.92 Å². The summed E-state index contributed by atoms with van der Waals surface area (Å²) in [7, 11) is 0. The molecule has 1 saturated carbocycles. The number of aliphatic hydroxyl groups is 1. The third kappa shape index (κ3) is 2.50. The molecule has 0 aromatic carbocycles. The van der Waals surface area contributed by atoms with E-state index in [-0.39, 0.29) is 6.10 Å². The van der Waals surface area contributed by atoms with Crippen LogP contribution in [0.1, 0.15) is 25.7 Å². The molecule has 1 aliphatic carbocycles. The Balaban J connectivity index is 1.59. The second-order valence-electron chi connectivity index (χ2n) is 5.59. The molecule has 3 aliphatic rings. The second kappa shape index (κ2) is 5.22. The Morgan fingerprint density at radius 2 is 2.12 bits per heavy atom. The van der Waals surface area contributed by atoms with Gasteiger partial charge in [0.05, 0.1) is 25.4 Å². The standard InChI is InChI=1S/C13H23NO3/c15-12-4-6-16-9-10(12)8-14-5-7-17-13-3-1-2-11(13)14/h10-13,15H,1-9H2. The number of morpholine rings is 1. The first-order chi connectivity index (χ1) is 8.34. The Bertz CT molecular complexity index is 261. The SMILES string of the molecule is OC1CCOCC1CN1CCOC2CCCC21. The third-order valence-electron chi connectivity index (χ3n) is 4.50. The highest BCUT2D eigenvalue weighted by Crippen LogP contribution is 2.30. The van der Waals surface area contributed by atoms with Crippen LogP contribution in [0.3, 0.4) is 0 Å². The number of hydrogen-bond donors (Lipinski definition) is 1. The lowest BCUT2D eigenvalue weighted by atomic mass is 9.96. The molecule has 0 spiro atoms. The van der Waals surface area contributed by atoms with E-state index in [4.69, 9.17) is 9.47 Å². The van der Waals surface area contributed by atoms with Crippen molar-refractivity contribution in [3.05, 3.63) is 0 Å². The third-order valence-corrected chi connectivity index (χ3v) is 4.50. The lowest BCUT2D eigenvalue weighted by Gasteiger charge is -2.41. The van der Waals surface area contributed by atoms with Crippen LogP contribution >= 0.6 is 0 Å². The van der Waals surface area contributed by atoms with Crippen LogP contribution < -0.4 is 0 Å². The summed E-state index contributed by atoms with van der Waals surface area (Å²) in [5.41, 5.74) is 0. The van der Waals surface area contributed by atoms with Crippen molar-refractivity contribution >= 4 is 0 Å². The van der Waals surface area contributed by atoms with Gasteiger partial charge in [-0.3, -0.25) is 4.90 Å². The Morgan fingerprint density at radius 3 is 3.00 bits per heavy atom. The normalized spacial score (nSPS) is 43.6. The van der Waals surface area contributed by atoms with Crippen molar-refractivity contribution in [3.8, 4) is 0 Å². The maximum atomic E-state index is 10.0. The van der Waals surface area contributed by atoms with E-state index in [1.807, 2.05) is 0 Å². The molecule has 2 saturated heterocycles. The maximum absolute atomic E-state index is 10.0. The van der Waals surface area contributed by atoms with Crippen LogP contribution in [0.5, 0.6) is 0 Å². The van der Waals surface area contributed by atoms with E-state index in [0.29, 0.717) is 24.7 Å². The summed E-state index contributed by atoms with van der Waals surface area (Å²) < 4.78 is 11.3. The van der Waals surface area contributed by atoms with E-state index in [9.17, 15) is 5.11 Å². The molecular formula is C13H23NO3. The second-order valence-corrected chi connectivity index (χ2v) is 5.59. The first kappa shape index (κ1) is 11.9. The number of rotatable bonds is 2. The average molecular weight is 241 g/mol. The quantitative estimate of drug-likeness (QED) is 0.770. The van der Waals surface area contributed by atoms with Crippen molar-refractivity contribution < 1.29 is 14.6 Å². The molecule has 3 fully saturated rings. The van der Waals surface area contributed by atoms with Crippen LogP contribution in [0, 0.1) is 5.92 Å². The van der Waals surface area contributed by atoms with Gasteiger partial charge in [-0.1, -0.05) is 0 Å². The fraction of sp³-hybridized carbons (Fsp3) is 1.00. The summed E-state index contributed by atoms with van der Waals surface area (Å²) in [4.78, 5) is 2.53. The fourth-order valence-corrected chi connectivity index (χ4v) is 3.49. The van der Waals surface area contributed by atoms with Crippen molar-refractivity contribution in [2.75, 3.05) is 32.9 Å². The predicted molar refractivity (Wildman–Crippen MR) is 63.9 cm³/mol. The van der Waals surface area contributed by atoms with Crippen LogP contribution in [0.15, 0.2) is 0 Å². The summed E-state index contributed by atoms with van der Waals surface area (Å²) >= 11 is 0. The van der Waals surface area contributed by atoms with E-state index in [0.717, 1.165) is 32.7 Å². The highest BCUT2D eigenvalue weighted by Gasteiger charge is 2.38. The molecule has 2 aliphatic heterocycles. The molecule has 4 nitrogen and oxygen atoms in total. The van der Waals surface area contributed by atoms with Gasteiger partial charge >= 0.3 is 0 Å². The van der Waals surface area contributed by atoms with Gasteiger partial charge < -0.3 is 14.6 Å². The van der Waals surface area contributed by atoms with Crippen molar-refractivity contribution in [1.82, 2.24) is 4.90 Å². The van der Waals surface area contributed by atoms with Gasteiger partial charge in [-0.25, -0.2) is 0 Å². The van der Waals surface area contributed by atoms with Gasteiger partial charge in [-0.15, -0.1) is 0 Å². The molecule has 17 heavy (non-hydrogen) atoms. The highest BCUT2D eigenvalue weighted by atomic mass is 16.5. The minimum absolute atomic E-state index is 0.175. The lowest BCUT2D eigenvalue weighted by Crippen LogP contribution is -2.52. The first-order valence-electron chi connectivity index (χ1n) is 6.96. The molecule has 0 amide bonds. The van der Waals surface area contributed by atoms with Crippen LogP contribution in [0.4, 0.5) is 0 Å². The topological polar surface area (TPSA) is 41.9 Å². The molecule has 2 heterocycles. The number of fused-ring (bicyclic) bond motifs is 1. The van der Waals surface area contributed by atoms with Gasteiger partial charge in [0.1, 0.15) is 0 Å². The van der Waals surface area contributed by atoms with E-state index in [1.165, 1.54) is 19.3 Å². The zero-order valence-corrected chi connectivity index (χ0v) is 10.4. The number of aliphatic hydroxyl groups excluding tert-OH is 1. The molecule has 4 heteroatoms. The minimum atomic E-state index is -0.175. The number of hydrogen-bond acceptors (Lipinski definition) is 4. The molecule has 0 radical (unpaired) electrons. The molecule has 4 unspecified atom stereocenters. The Hall–Kier alpha value is -0.160. The summed E-state index contributed by atoms with van der Waals surface area (Å²) in [6.07, 6.45) is 4.83. The fourth-order valence-electron chi connectivity index (χ4n) is 3.49. The lowest BCUT2D eigenvalue weighted by molar-refractivity contribution is -0.0893. The van der Waals surface area contributed by atoms with Gasteiger partial charge in [0.2, 0.25) is 0 Å². The van der Waals surface area contributed by atoms with Gasteiger partial charge in [-0.05, 0) is 25.7 Å². The van der Waals surface area contributed by atoms with Crippen molar-refractivity contribution in [1.29, 1.82) is 0 Å². The van der Waals surface area contributed by atoms with E-state index in [2.05, 4.69) is 4.90 Å². The summed E-state index contributed by atoms with van der Waals surface area (Å²) in [5.74, 6) is 0.295. The van der Waals surface area contributed by atoms with Crippen molar-refractivity contribution in [3.63, 3.8) is 0 Å². The van der Waals surface area contributed by atoms with Gasteiger partial charge in [0.25, 0.3) is 0 Å². The predicted octanol–water partition coefficient (Wildman–Crippen LogP) is 0.637. The average Bonchev–Trinajstić information content (AvgIpc) is 2.81. The summed E-state index contributed by atoms with van der Waals surface area (Å²) in [6, 6.07) is 0.595. The van der Waals surface area contributed by atoms with Crippen LogP contribution in [0.2, 0.25) is 0 Å². The van der Waals surface area contributed by atoms with E-state index < -0.39 is 0 Å². The molecule has 4 atom stereocenters. The maximum Gasteiger partial charge on any atom is 0.0730 e. The van der Waals surface area contributed by atoms with Crippen LogP contribution in [-0.4, -0.2) is 61.2 Å². The smallest absolute Gasteiger partial charge is 0.0730 e. The molecule has 0 bridgehead atoms. The molecule has 0 aromatic heterocycles. The molecule has 0 aromatic rings. The van der Waals surface area contributed by atoms with Gasteiger partial charge in [-0.2, -0.15) is 0 Å². The monoisotopic (exact) mass is 241 g/mol. The molecule has 1 N–H and O–H groups in total. The summed E-state index contributed by atoms with van der Waals surface area (Å²) in [5, 5.41) is 10.0. The van der Waals surface area contributed by atoms with Gasteiger partial charge in [0, 0.05) is 31.7 Å². The molecule has 98 valence electrons. The minimum Gasteiger partial charge on any atom is -0.393 e. The van der Waals surface area contributed by atoms with Crippen LogP contribution in [-0.2, 0) is 9.47 Å². The van der Waals surface area contributed by atoms with E-state index >= 15 is 0 Å². The highest BCUT2D eigenvalue weighted by molar-refractivity contribution is 4.91. The van der Waals surface area contributed by atoms with E-state index in [1.54, 1.807) is 0 Å². The first-order valence-corrected chi connectivity index (χ1v) is 6.96. The zero-order chi connectivity index (χ0) is 11.7. The van der Waals surface area contributed by atoms with Crippen molar-refractivity contribution in [2.45, 2.75) is 43.9 Å². The Labute approximate surface area is 103 Å². The Morgan fingerprint density at radius 1 is 1.18 bits per heavy atom. The molecule has 3 rings (SSSR count). The largest absolute Gasteiger partial charge is 0.393 e. The molecular weight excluding hydrogens is 218 g/mol. The van der Waals surface area contributed by atoms with Gasteiger partial charge in [0.15, 0.2) is 0 Å². The number of ether oxygens (including phenoxy) is 2. The number of nitrogens with zero attached hydrogens (tertiary/aromatic N) is 1. The van der Waals surface area contributed by atoms with Crippen LogP contribution in [0.25, 0.3) is 0 Å². The zero-order valence-electron chi connectivity index (χ0n) is 10.4.